The maximum atomic E-state index is 8.94. The topological polar surface area (TPSA) is 49.7 Å². The molecule has 1 aromatic carbocycles. The molecule has 1 aromatic rings. The lowest BCUT2D eigenvalue weighted by Gasteiger charge is -2.09. The highest BCUT2D eigenvalue weighted by Gasteiger charge is 2.07. The van der Waals surface area contributed by atoms with Gasteiger partial charge in [0.05, 0.1) is 20.3 Å². The van der Waals surface area contributed by atoms with E-state index >= 15 is 0 Å². The van der Waals surface area contributed by atoms with Crippen LogP contribution in [-0.2, 0) is 13.2 Å². The van der Waals surface area contributed by atoms with Crippen LogP contribution < -0.4 is 4.74 Å². The van der Waals surface area contributed by atoms with Gasteiger partial charge >= 0.3 is 0 Å². The lowest BCUT2D eigenvalue weighted by atomic mass is 10.1. The van der Waals surface area contributed by atoms with Crippen LogP contribution in [0.3, 0.4) is 0 Å². The van der Waals surface area contributed by atoms with E-state index in [0.29, 0.717) is 21.9 Å². The largest absolute Gasteiger partial charge is 0.496 e. The number of aliphatic hydroxyl groups excluding tert-OH is 2. The second-order valence-electron chi connectivity index (χ2n) is 2.57. The van der Waals surface area contributed by atoms with Gasteiger partial charge in [0.1, 0.15) is 5.75 Å². The van der Waals surface area contributed by atoms with Gasteiger partial charge in [0.2, 0.25) is 0 Å². The summed E-state index contributed by atoms with van der Waals surface area (Å²) in [5.74, 6) is 0.538. The molecule has 1 rings (SSSR count). The first-order chi connectivity index (χ1) is 6.22. The van der Waals surface area contributed by atoms with Gasteiger partial charge in [0.15, 0.2) is 0 Å². The number of benzene rings is 1. The quantitative estimate of drug-likeness (QED) is 0.778. The van der Waals surface area contributed by atoms with Gasteiger partial charge in [-0.05, 0) is 17.7 Å². The van der Waals surface area contributed by atoms with Gasteiger partial charge in [0.25, 0.3) is 0 Å². The summed E-state index contributed by atoms with van der Waals surface area (Å²) >= 11 is 5.81. The molecular weight excluding hydrogens is 192 g/mol. The number of hydrogen-bond acceptors (Lipinski definition) is 3. The molecule has 0 bridgehead atoms. The van der Waals surface area contributed by atoms with Crippen LogP contribution in [0.2, 0.25) is 5.02 Å². The van der Waals surface area contributed by atoms with Crippen LogP contribution in [0.5, 0.6) is 5.75 Å². The summed E-state index contributed by atoms with van der Waals surface area (Å²) in [6.45, 7) is -0.268. The summed E-state index contributed by atoms with van der Waals surface area (Å²) in [6.07, 6.45) is 0. The Bertz CT molecular complexity index is 299. The molecule has 0 atom stereocenters. The van der Waals surface area contributed by atoms with Gasteiger partial charge in [0, 0.05) is 10.6 Å². The van der Waals surface area contributed by atoms with E-state index in [1.165, 1.54) is 7.11 Å². The third-order valence-electron chi connectivity index (χ3n) is 1.79. The smallest absolute Gasteiger partial charge is 0.124 e. The van der Waals surface area contributed by atoms with Crippen molar-refractivity contribution in [2.75, 3.05) is 7.11 Å². The molecule has 0 aliphatic heterocycles. The first-order valence-corrected chi connectivity index (χ1v) is 4.17. The molecule has 0 aliphatic carbocycles. The van der Waals surface area contributed by atoms with Crippen molar-refractivity contribution in [3.63, 3.8) is 0 Å². The van der Waals surface area contributed by atoms with Crippen LogP contribution in [0.25, 0.3) is 0 Å². The summed E-state index contributed by atoms with van der Waals surface area (Å²) in [7, 11) is 1.50. The number of methoxy groups -OCH3 is 1. The Balaban J connectivity index is 3.18. The van der Waals surface area contributed by atoms with E-state index in [0.717, 1.165) is 0 Å². The van der Waals surface area contributed by atoms with Gasteiger partial charge in [-0.15, -0.1) is 0 Å². The molecule has 72 valence electrons. The Labute approximate surface area is 81.5 Å². The van der Waals surface area contributed by atoms with E-state index < -0.39 is 0 Å². The van der Waals surface area contributed by atoms with E-state index in [1.54, 1.807) is 12.1 Å². The molecule has 0 aromatic heterocycles. The van der Waals surface area contributed by atoms with Crippen molar-refractivity contribution in [3.8, 4) is 5.75 Å². The fourth-order valence-corrected chi connectivity index (χ4v) is 1.32. The number of hydrogen-bond donors (Lipinski definition) is 2. The third kappa shape index (κ3) is 2.12. The van der Waals surface area contributed by atoms with Gasteiger partial charge in [-0.25, -0.2) is 0 Å². The molecule has 0 amide bonds. The minimum Gasteiger partial charge on any atom is -0.496 e. The summed E-state index contributed by atoms with van der Waals surface area (Å²) in [4.78, 5) is 0. The molecule has 0 fully saturated rings. The Morgan fingerprint density at radius 2 is 1.85 bits per heavy atom. The standard InChI is InChI=1S/C9H11ClO3/c1-13-9-3-6(4-11)8(10)2-7(9)5-12/h2-3,11-12H,4-5H2,1H3. The molecule has 0 spiro atoms. The fourth-order valence-electron chi connectivity index (χ4n) is 1.07. The van der Waals surface area contributed by atoms with Crippen molar-refractivity contribution in [2.24, 2.45) is 0 Å². The van der Waals surface area contributed by atoms with Gasteiger partial charge in [-0.1, -0.05) is 11.6 Å². The zero-order chi connectivity index (χ0) is 9.84. The van der Waals surface area contributed by atoms with E-state index in [9.17, 15) is 0 Å². The summed E-state index contributed by atoms with van der Waals surface area (Å²) in [5.41, 5.74) is 1.21. The average molecular weight is 203 g/mol. The monoisotopic (exact) mass is 202 g/mol. The fraction of sp³-hybridized carbons (Fsp3) is 0.333. The Kier molecular flexibility index (Phi) is 3.54. The lowest BCUT2D eigenvalue weighted by molar-refractivity contribution is 0.270. The SMILES string of the molecule is COc1cc(CO)c(Cl)cc1CO. The molecule has 4 heteroatoms. The van der Waals surface area contributed by atoms with Crippen molar-refractivity contribution < 1.29 is 14.9 Å². The molecule has 3 nitrogen and oxygen atoms in total. The minimum atomic E-state index is -0.138. The van der Waals surface area contributed by atoms with Gasteiger partial charge < -0.3 is 14.9 Å². The van der Waals surface area contributed by atoms with Crippen molar-refractivity contribution in [2.45, 2.75) is 13.2 Å². The molecule has 0 radical (unpaired) electrons. The molecular formula is C9H11ClO3. The molecule has 0 aliphatic rings. The first kappa shape index (κ1) is 10.3. The number of ether oxygens (including phenoxy) is 1. The van der Waals surface area contributed by atoms with Gasteiger partial charge in [-0.3, -0.25) is 0 Å². The number of rotatable bonds is 3. The molecule has 0 saturated carbocycles. The van der Waals surface area contributed by atoms with E-state index in [2.05, 4.69) is 0 Å². The Morgan fingerprint density at radius 1 is 1.23 bits per heavy atom. The predicted molar refractivity (Wildman–Crippen MR) is 49.8 cm³/mol. The molecule has 0 heterocycles. The highest BCUT2D eigenvalue weighted by molar-refractivity contribution is 6.31. The normalized spacial score (nSPS) is 10.2. The molecule has 13 heavy (non-hydrogen) atoms. The van der Waals surface area contributed by atoms with Gasteiger partial charge in [-0.2, -0.15) is 0 Å². The lowest BCUT2D eigenvalue weighted by Crippen LogP contribution is -1.95. The molecule has 0 saturated heterocycles. The maximum absolute atomic E-state index is 8.94. The highest BCUT2D eigenvalue weighted by atomic mass is 35.5. The number of aliphatic hydroxyl groups is 2. The van der Waals surface area contributed by atoms with Crippen LogP contribution in [0, 0.1) is 0 Å². The molecule has 2 N–H and O–H groups in total. The number of halogens is 1. The van der Waals surface area contributed by atoms with Crippen molar-refractivity contribution in [1.82, 2.24) is 0 Å². The third-order valence-corrected chi connectivity index (χ3v) is 2.14. The summed E-state index contributed by atoms with van der Waals surface area (Å²) in [5, 5.41) is 18.3. The zero-order valence-corrected chi connectivity index (χ0v) is 8.01. The van der Waals surface area contributed by atoms with Crippen LogP contribution in [0.1, 0.15) is 11.1 Å². The van der Waals surface area contributed by atoms with E-state index in [-0.39, 0.29) is 13.2 Å². The Morgan fingerprint density at radius 3 is 2.31 bits per heavy atom. The summed E-state index contributed by atoms with van der Waals surface area (Å²) in [6, 6.07) is 3.21. The van der Waals surface area contributed by atoms with Crippen molar-refractivity contribution >= 4 is 11.6 Å². The van der Waals surface area contributed by atoms with Crippen LogP contribution in [0.4, 0.5) is 0 Å². The predicted octanol–water partition coefficient (Wildman–Crippen LogP) is 1.33. The van der Waals surface area contributed by atoms with E-state index in [4.69, 9.17) is 26.6 Å². The maximum Gasteiger partial charge on any atom is 0.124 e. The second-order valence-corrected chi connectivity index (χ2v) is 2.98. The zero-order valence-electron chi connectivity index (χ0n) is 7.25. The average Bonchev–Trinajstić information content (AvgIpc) is 2.17. The van der Waals surface area contributed by atoms with Crippen LogP contribution in [-0.4, -0.2) is 17.3 Å². The Hall–Kier alpha value is -0.770. The van der Waals surface area contributed by atoms with E-state index in [1.807, 2.05) is 0 Å². The summed E-state index contributed by atoms with van der Waals surface area (Å²) < 4.78 is 5.00. The highest BCUT2D eigenvalue weighted by Crippen LogP contribution is 2.26. The van der Waals surface area contributed by atoms with Crippen LogP contribution in [0.15, 0.2) is 12.1 Å². The van der Waals surface area contributed by atoms with Crippen molar-refractivity contribution in [3.05, 3.63) is 28.3 Å². The second kappa shape index (κ2) is 4.46. The first-order valence-electron chi connectivity index (χ1n) is 3.80. The minimum absolute atomic E-state index is 0.130. The van der Waals surface area contributed by atoms with Crippen molar-refractivity contribution in [1.29, 1.82) is 0 Å². The molecule has 0 unspecified atom stereocenters. The van der Waals surface area contributed by atoms with Crippen LogP contribution >= 0.6 is 11.6 Å².